The number of likely N-dealkylation sites (N-methyl/N-ethyl adjacent to an activating group) is 1. The van der Waals surface area contributed by atoms with Gasteiger partial charge in [-0.3, -0.25) is 9.79 Å². The van der Waals surface area contributed by atoms with E-state index < -0.39 is 11.0 Å². The fourth-order valence-corrected chi connectivity index (χ4v) is 8.13. The molecule has 51 heavy (non-hydrogen) atoms. The molecule has 2 fully saturated rings. The summed E-state index contributed by atoms with van der Waals surface area (Å²) in [5.74, 6) is 1.88. The number of rotatable bonds is 20. The first kappa shape index (κ1) is 40.0. The third kappa shape index (κ3) is 10.9. The van der Waals surface area contributed by atoms with Crippen LogP contribution in [0.25, 0.3) is 0 Å². The molecule has 2 aliphatic carbocycles. The molecule has 2 aromatic rings. The van der Waals surface area contributed by atoms with E-state index in [-0.39, 0.29) is 29.2 Å². The summed E-state index contributed by atoms with van der Waals surface area (Å²) in [6, 6.07) is 9.25. The number of allylic oxidation sites excluding steroid dienone is 2. The van der Waals surface area contributed by atoms with Crippen molar-refractivity contribution in [2.45, 2.75) is 102 Å². The van der Waals surface area contributed by atoms with Gasteiger partial charge in [0.25, 0.3) is 0 Å². The Kier molecular flexibility index (Phi) is 15.1. The van der Waals surface area contributed by atoms with Crippen molar-refractivity contribution in [2.24, 2.45) is 28.0 Å². The lowest BCUT2D eigenvalue weighted by atomic mass is 9.75. The van der Waals surface area contributed by atoms with Gasteiger partial charge in [-0.25, -0.2) is 0 Å². The number of ether oxygens (including phenoxy) is 3. The summed E-state index contributed by atoms with van der Waals surface area (Å²) >= 11 is 0. The number of benzene rings is 2. The smallest absolute Gasteiger partial charge is 0.192 e. The van der Waals surface area contributed by atoms with Crippen LogP contribution in [0.4, 0.5) is 5.69 Å². The van der Waals surface area contributed by atoms with Crippen molar-refractivity contribution in [2.75, 3.05) is 46.8 Å². The van der Waals surface area contributed by atoms with Gasteiger partial charge in [0, 0.05) is 32.7 Å². The number of unbranched alkanes of at least 4 members (excludes halogenated alkanes) is 2. The third-order valence-corrected chi connectivity index (χ3v) is 10.9. The molecule has 2 aromatic carbocycles. The minimum atomic E-state index is -0.468. The van der Waals surface area contributed by atoms with Gasteiger partial charge in [-0.15, -0.1) is 0 Å². The lowest BCUT2D eigenvalue weighted by molar-refractivity contribution is -0.123. The van der Waals surface area contributed by atoms with Crippen LogP contribution in [-0.2, 0) is 22.4 Å². The number of aromatic hydroxyl groups is 2. The van der Waals surface area contributed by atoms with Gasteiger partial charge in [0.15, 0.2) is 34.7 Å². The summed E-state index contributed by atoms with van der Waals surface area (Å²) in [6.45, 7) is 3.57. The van der Waals surface area contributed by atoms with E-state index in [4.69, 9.17) is 19.9 Å². The molecule has 4 rings (SSSR count). The number of phenolic OH excluding ortho intramolecular Hbond substituents is 2. The van der Waals surface area contributed by atoms with E-state index in [1.165, 1.54) is 0 Å². The molecule has 282 valence electrons. The molecule has 10 nitrogen and oxygen atoms in total. The van der Waals surface area contributed by atoms with Crippen LogP contribution in [0.1, 0.15) is 95.1 Å². The standard InChI is InChI=1S/C41H62N4O6/c1-6-7-8-11-29(13-15-37(47)40(18-9-10-19-40)26-31-12-14-34(46)35(24-31)50-5)22-32-23-33(45-39(42)44-3)38(48)36(25-32)51-41(28-43-2)20-16-30(27-41)17-21-49-4/h12-15,23-25,29-30,43,46,48H,6-11,16-22,26-28H2,1-5H3,(H3,42,44,45)/t29-,30+,41+/m1/s1. The van der Waals surface area contributed by atoms with Gasteiger partial charge in [0.2, 0.25) is 0 Å². The molecule has 0 saturated heterocycles. The fraction of sp³-hybridized carbons (Fsp3) is 0.610. The Hall–Kier alpha value is -3.76. The van der Waals surface area contributed by atoms with Gasteiger partial charge in [0.05, 0.1) is 12.8 Å². The molecule has 0 aliphatic heterocycles. The normalized spacial score (nSPS) is 20.9. The van der Waals surface area contributed by atoms with Crippen LogP contribution in [0.15, 0.2) is 47.5 Å². The van der Waals surface area contributed by atoms with Crippen LogP contribution in [0.3, 0.4) is 0 Å². The Morgan fingerprint density at radius 3 is 2.55 bits per heavy atom. The highest BCUT2D eigenvalue weighted by molar-refractivity contribution is 5.95. The number of aliphatic imine (C=N–C) groups is 1. The van der Waals surface area contributed by atoms with Crippen molar-refractivity contribution < 1.29 is 29.2 Å². The zero-order valence-corrected chi connectivity index (χ0v) is 31.6. The first-order valence-electron chi connectivity index (χ1n) is 18.9. The Balaban J connectivity index is 1.62. The number of nitrogens with one attached hydrogen (secondary N) is 2. The Bertz CT molecular complexity index is 1490. The van der Waals surface area contributed by atoms with E-state index in [1.54, 1.807) is 27.3 Å². The molecule has 0 radical (unpaired) electrons. The number of anilines is 1. The summed E-state index contributed by atoms with van der Waals surface area (Å²) in [5.41, 5.74) is 7.57. The van der Waals surface area contributed by atoms with Crippen LogP contribution < -0.4 is 25.8 Å². The summed E-state index contributed by atoms with van der Waals surface area (Å²) in [5, 5.41) is 28.0. The average Bonchev–Trinajstić information content (AvgIpc) is 3.76. The molecule has 2 aliphatic rings. The lowest BCUT2D eigenvalue weighted by Gasteiger charge is -2.32. The maximum Gasteiger partial charge on any atom is 0.192 e. The van der Waals surface area contributed by atoms with E-state index >= 15 is 0 Å². The molecule has 0 amide bonds. The van der Waals surface area contributed by atoms with E-state index in [2.05, 4.69) is 28.6 Å². The highest BCUT2D eigenvalue weighted by Gasteiger charge is 2.42. The van der Waals surface area contributed by atoms with Crippen molar-refractivity contribution in [1.29, 1.82) is 0 Å². The highest BCUT2D eigenvalue weighted by Crippen LogP contribution is 2.45. The second-order valence-electron chi connectivity index (χ2n) is 14.8. The first-order valence-corrected chi connectivity index (χ1v) is 18.9. The molecule has 0 spiro atoms. The topological polar surface area (TPSA) is 148 Å². The monoisotopic (exact) mass is 706 g/mol. The fourth-order valence-electron chi connectivity index (χ4n) is 8.13. The predicted octanol–water partition coefficient (Wildman–Crippen LogP) is 7.30. The minimum Gasteiger partial charge on any atom is -0.504 e. The average molecular weight is 707 g/mol. The minimum absolute atomic E-state index is 0.00320. The first-order chi connectivity index (χ1) is 24.6. The summed E-state index contributed by atoms with van der Waals surface area (Å²) in [6.07, 6.45) is 16.9. The molecular weight excluding hydrogens is 644 g/mol. The van der Waals surface area contributed by atoms with Crippen LogP contribution in [0.2, 0.25) is 0 Å². The Morgan fingerprint density at radius 2 is 1.86 bits per heavy atom. The quantitative estimate of drug-likeness (QED) is 0.0315. The van der Waals surface area contributed by atoms with E-state index in [9.17, 15) is 15.0 Å². The van der Waals surface area contributed by atoms with Crippen LogP contribution in [-0.4, -0.2) is 69.0 Å². The zero-order valence-electron chi connectivity index (χ0n) is 31.6. The number of hydrogen-bond acceptors (Lipinski definition) is 8. The van der Waals surface area contributed by atoms with Crippen molar-refractivity contribution >= 4 is 17.4 Å². The van der Waals surface area contributed by atoms with Crippen LogP contribution in [0, 0.1) is 17.3 Å². The van der Waals surface area contributed by atoms with Gasteiger partial charge in [-0.05, 0) is 118 Å². The van der Waals surface area contributed by atoms with Gasteiger partial charge >= 0.3 is 0 Å². The van der Waals surface area contributed by atoms with E-state index in [0.717, 1.165) is 88.2 Å². The Morgan fingerprint density at radius 1 is 1.10 bits per heavy atom. The van der Waals surface area contributed by atoms with Gasteiger partial charge < -0.3 is 40.8 Å². The molecule has 0 unspecified atom stereocenters. The SMILES string of the molecule is CCCCC[C@H](C=CC(=O)C1(Cc2ccc(O)c(OC)c2)CCCC1)Cc1cc(NC(N)=NC)c(O)c(O[C@@]2(CNC)CC[C@@H](CCOC)C2)c1. The predicted molar refractivity (Wildman–Crippen MR) is 205 cm³/mol. The molecule has 0 aromatic heterocycles. The molecule has 0 heterocycles. The zero-order chi connectivity index (χ0) is 36.9. The second-order valence-corrected chi connectivity index (χ2v) is 14.8. The number of guanidine groups is 1. The maximum atomic E-state index is 14.1. The second kappa shape index (κ2) is 19.2. The molecule has 6 N–H and O–H groups in total. The number of nitrogens with zero attached hydrogens (tertiary/aromatic N) is 1. The summed E-state index contributed by atoms with van der Waals surface area (Å²) in [4.78, 5) is 18.2. The van der Waals surface area contributed by atoms with Gasteiger partial charge in [-0.1, -0.05) is 51.2 Å². The highest BCUT2D eigenvalue weighted by atomic mass is 16.5. The van der Waals surface area contributed by atoms with Crippen molar-refractivity contribution in [3.05, 3.63) is 53.6 Å². The largest absolute Gasteiger partial charge is 0.504 e. The maximum absolute atomic E-state index is 14.1. The van der Waals surface area contributed by atoms with Crippen LogP contribution in [0.5, 0.6) is 23.0 Å². The third-order valence-electron chi connectivity index (χ3n) is 10.9. The molecule has 2 saturated carbocycles. The van der Waals surface area contributed by atoms with E-state index in [1.807, 2.05) is 37.4 Å². The molecule has 0 bridgehead atoms. The van der Waals surface area contributed by atoms with Crippen LogP contribution >= 0.6 is 0 Å². The van der Waals surface area contributed by atoms with Crippen molar-refractivity contribution in [3.8, 4) is 23.0 Å². The number of carbonyl (C=O) groups is 1. The summed E-state index contributed by atoms with van der Waals surface area (Å²) in [7, 11) is 6.81. The Labute approximate surface area is 305 Å². The molecule has 3 atom stereocenters. The van der Waals surface area contributed by atoms with Crippen molar-refractivity contribution in [1.82, 2.24) is 5.32 Å². The molecular formula is C41H62N4O6. The van der Waals surface area contributed by atoms with E-state index in [0.29, 0.717) is 49.1 Å². The number of nitrogens with two attached hydrogens (primary N) is 1. The number of ketones is 1. The number of methoxy groups -OCH3 is 2. The number of phenols is 2. The summed E-state index contributed by atoms with van der Waals surface area (Å²) < 4.78 is 17.5. The van der Waals surface area contributed by atoms with Gasteiger partial charge in [-0.2, -0.15) is 0 Å². The van der Waals surface area contributed by atoms with Crippen molar-refractivity contribution in [3.63, 3.8) is 0 Å². The number of hydrogen-bond donors (Lipinski definition) is 5. The van der Waals surface area contributed by atoms with Gasteiger partial charge in [0.1, 0.15) is 5.60 Å². The number of carbonyl (C=O) groups excluding carboxylic acids is 1. The molecule has 10 heteroatoms. The lowest BCUT2D eigenvalue weighted by Crippen LogP contribution is -2.42.